The molecule has 104 valence electrons. The molecule has 1 unspecified atom stereocenters. The van der Waals surface area contributed by atoms with E-state index in [1.807, 2.05) is 0 Å². The first-order valence-electron chi connectivity index (χ1n) is 5.57. The monoisotopic (exact) mass is 286 g/mol. The van der Waals surface area contributed by atoms with Crippen LogP contribution in [0.1, 0.15) is 11.6 Å². The van der Waals surface area contributed by atoms with E-state index in [0.717, 1.165) is 5.56 Å². The normalized spacial score (nSPS) is 11.5. The highest BCUT2D eigenvalue weighted by Gasteiger charge is 2.16. The number of benzene rings is 1. The quantitative estimate of drug-likeness (QED) is 0.749. The number of nitrogens with one attached hydrogen (secondary N) is 2. The molecule has 0 spiro atoms. The third kappa shape index (κ3) is 5.15. The number of ether oxygens (including phenoxy) is 1. The van der Waals surface area contributed by atoms with Gasteiger partial charge in [0.05, 0.1) is 6.04 Å². The number of alkyl carbamates (subject to hydrolysis) is 1. The van der Waals surface area contributed by atoms with Gasteiger partial charge in [-0.15, -0.1) is 0 Å². The summed E-state index contributed by atoms with van der Waals surface area (Å²) >= 11 is 5.78. The number of amides is 2. The molecule has 0 aromatic heterocycles. The molecular formula is C12H15ClN2O4. The lowest BCUT2D eigenvalue weighted by molar-refractivity contribution is -0.124. The van der Waals surface area contributed by atoms with E-state index in [4.69, 9.17) is 21.4 Å². The van der Waals surface area contributed by atoms with Crippen LogP contribution in [-0.2, 0) is 9.53 Å². The maximum atomic E-state index is 11.2. The van der Waals surface area contributed by atoms with E-state index in [0.29, 0.717) is 5.02 Å². The van der Waals surface area contributed by atoms with Crippen molar-refractivity contribution in [3.05, 3.63) is 34.9 Å². The second kappa shape index (κ2) is 7.60. The highest BCUT2D eigenvalue weighted by molar-refractivity contribution is 6.30. The summed E-state index contributed by atoms with van der Waals surface area (Å²) in [6.45, 7) is -0.683. The first kappa shape index (κ1) is 15.3. The zero-order chi connectivity index (χ0) is 14.3. The van der Waals surface area contributed by atoms with Crippen molar-refractivity contribution in [2.24, 2.45) is 0 Å². The van der Waals surface area contributed by atoms with Gasteiger partial charge in [-0.1, -0.05) is 23.7 Å². The lowest BCUT2D eigenvalue weighted by Gasteiger charge is -2.18. The molecule has 0 aliphatic carbocycles. The van der Waals surface area contributed by atoms with Gasteiger partial charge in [-0.25, -0.2) is 4.79 Å². The Morgan fingerprint density at radius 3 is 2.53 bits per heavy atom. The SMILES string of the molecule is CNC(=O)OCC(NC(=O)CO)c1ccc(Cl)cc1. The summed E-state index contributed by atoms with van der Waals surface area (Å²) in [6.07, 6.45) is -0.600. The van der Waals surface area contributed by atoms with E-state index in [1.54, 1.807) is 24.3 Å². The van der Waals surface area contributed by atoms with E-state index in [9.17, 15) is 9.59 Å². The third-order valence-electron chi connectivity index (χ3n) is 2.34. The minimum absolute atomic E-state index is 0.0486. The fourth-order valence-electron chi connectivity index (χ4n) is 1.39. The topological polar surface area (TPSA) is 87.7 Å². The maximum absolute atomic E-state index is 11.2. The Bertz CT molecular complexity index is 436. The zero-order valence-corrected chi connectivity index (χ0v) is 11.1. The number of hydrogen-bond donors (Lipinski definition) is 3. The van der Waals surface area contributed by atoms with Gasteiger partial charge in [0.1, 0.15) is 13.2 Å². The van der Waals surface area contributed by atoms with Crippen LogP contribution in [0.15, 0.2) is 24.3 Å². The lowest BCUT2D eigenvalue weighted by Crippen LogP contribution is -2.35. The Kier molecular flexibility index (Phi) is 6.11. The molecule has 3 N–H and O–H groups in total. The molecule has 0 fully saturated rings. The minimum atomic E-state index is -0.635. The number of carbonyl (C=O) groups is 2. The van der Waals surface area contributed by atoms with Gasteiger partial charge < -0.3 is 20.5 Å². The molecule has 0 aliphatic rings. The van der Waals surface area contributed by atoms with Gasteiger partial charge in [-0.05, 0) is 17.7 Å². The molecule has 19 heavy (non-hydrogen) atoms. The van der Waals surface area contributed by atoms with Crippen molar-refractivity contribution in [2.45, 2.75) is 6.04 Å². The van der Waals surface area contributed by atoms with E-state index < -0.39 is 24.6 Å². The Morgan fingerprint density at radius 2 is 2.00 bits per heavy atom. The van der Waals surface area contributed by atoms with Crippen LogP contribution >= 0.6 is 11.6 Å². The van der Waals surface area contributed by atoms with Crippen LogP contribution in [0.4, 0.5) is 4.79 Å². The lowest BCUT2D eigenvalue weighted by atomic mass is 10.1. The first-order valence-corrected chi connectivity index (χ1v) is 5.94. The van der Waals surface area contributed by atoms with Crippen LogP contribution in [-0.4, -0.2) is 37.4 Å². The van der Waals surface area contributed by atoms with Crippen molar-refractivity contribution in [1.29, 1.82) is 0 Å². The Labute approximate surface area is 115 Å². The van der Waals surface area contributed by atoms with Crippen molar-refractivity contribution in [3.8, 4) is 0 Å². The molecule has 0 saturated carbocycles. The highest BCUT2D eigenvalue weighted by atomic mass is 35.5. The fourth-order valence-corrected chi connectivity index (χ4v) is 1.51. The van der Waals surface area contributed by atoms with E-state index >= 15 is 0 Å². The highest BCUT2D eigenvalue weighted by Crippen LogP contribution is 2.17. The summed E-state index contributed by atoms with van der Waals surface area (Å²) in [7, 11) is 1.44. The van der Waals surface area contributed by atoms with Gasteiger partial charge in [-0.2, -0.15) is 0 Å². The van der Waals surface area contributed by atoms with Crippen LogP contribution in [0.25, 0.3) is 0 Å². The molecule has 0 aliphatic heterocycles. The Hall–Kier alpha value is -1.79. The van der Waals surface area contributed by atoms with Gasteiger partial charge in [0.15, 0.2) is 0 Å². The molecule has 6 nitrogen and oxygen atoms in total. The van der Waals surface area contributed by atoms with Crippen molar-refractivity contribution in [2.75, 3.05) is 20.3 Å². The van der Waals surface area contributed by atoms with Crippen LogP contribution < -0.4 is 10.6 Å². The van der Waals surface area contributed by atoms with Crippen molar-refractivity contribution >= 4 is 23.6 Å². The van der Waals surface area contributed by atoms with Gasteiger partial charge in [0.25, 0.3) is 0 Å². The van der Waals surface area contributed by atoms with E-state index in [2.05, 4.69) is 10.6 Å². The first-order chi connectivity index (χ1) is 9.06. The molecule has 0 heterocycles. The summed E-state index contributed by atoms with van der Waals surface area (Å²) in [5.41, 5.74) is 0.718. The summed E-state index contributed by atoms with van der Waals surface area (Å²) in [6, 6.07) is 6.19. The third-order valence-corrected chi connectivity index (χ3v) is 2.59. The Balaban J connectivity index is 2.76. The van der Waals surface area contributed by atoms with Gasteiger partial charge >= 0.3 is 6.09 Å². The Morgan fingerprint density at radius 1 is 1.37 bits per heavy atom. The number of aliphatic hydroxyl groups excluding tert-OH is 1. The molecule has 1 aromatic carbocycles. The number of aliphatic hydroxyl groups is 1. The summed E-state index contributed by atoms with van der Waals surface area (Å²) in [4.78, 5) is 22.3. The predicted octanol–water partition coefficient (Wildman–Crippen LogP) is 0.846. The molecule has 7 heteroatoms. The average Bonchev–Trinajstić information content (AvgIpc) is 2.43. The zero-order valence-electron chi connectivity index (χ0n) is 10.4. The minimum Gasteiger partial charge on any atom is -0.447 e. The van der Waals surface area contributed by atoms with Gasteiger partial charge in [0.2, 0.25) is 5.91 Å². The largest absolute Gasteiger partial charge is 0.447 e. The second-order valence-corrected chi connectivity index (χ2v) is 4.11. The molecule has 0 bridgehead atoms. The second-order valence-electron chi connectivity index (χ2n) is 3.68. The van der Waals surface area contributed by atoms with Crippen molar-refractivity contribution in [1.82, 2.24) is 10.6 Å². The van der Waals surface area contributed by atoms with Gasteiger partial charge in [-0.3, -0.25) is 4.79 Å². The van der Waals surface area contributed by atoms with Gasteiger partial charge in [0, 0.05) is 12.1 Å². The number of hydrogen-bond acceptors (Lipinski definition) is 4. The predicted molar refractivity (Wildman–Crippen MR) is 69.8 cm³/mol. The molecule has 1 rings (SSSR count). The van der Waals surface area contributed by atoms with Crippen LogP contribution in [0.2, 0.25) is 5.02 Å². The van der Waals surface area contributed by atoms with Crippen molar-refractivity contribution in [3.63, 3.8) is 0 Å². The molecule has 1 aromatic rings. The molecule has 1 atom stereocenters. The molecule has 0 radical (unpaired) electrons. The summed E-state index contributed by atoms with van der Waals surface area (Å²) in [5.74, 6) is -0.555. The average molecular weight is 287 g/mol. The van der Waals surface area contributed by atoms with Crippen LogP contribution in [0, 0.1) is 0 Å². The summed E-state index contributed by atoms with van der Waals surface area (Å²) < 4.78 is 4.90. The molecular weight excluding hydrogens is 272 g/mol. The fraction of sp³-hybridized carbons (Fsp3) is 0.333. The van der Waals surface area contributed by atoms with Crippen LogP contribution in [0.5, 0.6) is 0 Å². The number of carbonyl (C=O) groups excluding carboxylic acids is 2. The molecule has 2 amide bonds. The van der Waals surface area contributed by atoms with E-state index in [1.165, 1.54) is 7.05 Å². The van der Waals surface area contributed by atoms with E-state index in [-0.39, 0.29) is 6.61 Å². The molecule has 0 saturated heterocycles. The number of halogens is 1. The standard InChI is InChI=1S/C12H15ClN2O4/c1-14-12(18)19-7-10(15-11(17)6-16)8-2-4-9(13)5-3-8/h2-5,10,16H,6-7H2,1H3,(H,14,18)(H,15,17). The number of rotatable bonds is 5. The van der Waals surface area contributed by atoms with Crippen LogP contribution in [0.3, 0.4) is 0 Å². The van der Waals surface area contributed by atoms with Crippen molar-refractivity contribution < 1.29 is 19.4 Å². The summed E-state index contributed by atoms with van der Waals surface area (Å²) in [5, 5.41) is 14.2. The smallest absolute Gasteiger partial charge is 0.406 e. The maximum Gasteiger partial charge on any atom is 0.406 e.